The first-order valence-corrected chi connectivity index (χ1v) is 6.44. The Balaban J connectivity index is 2.09. The van der Waals surface area contributed by atoms with E-state index in [1.165, 1.54) is 6.07 Å². The summed E-state index contributed by atoms with van der Waals surface area (Å²) in [6.45, 7) is 0.751. The highest BCUT2D eigenvalue weighted by Gasteiger charge is 2.37. The summed E-state index contributed by atoms with van der Waals surface area (Å²) in [5.74, 6) is 0.0893. The van der Waals surface area contributed by atoms with Gasteiger partial charge in [-0.25, -0.2) is 9.18 Å². The largest absolute Gasteiger partial charge is 0.486 e. The predicted molar refractivity (Wildman–Crippen MR) is 65.7 cm³/mol. The molecule has 1 aliphatic heterocycles. The number of carbonyl (C=O) groups excluding carboxylic acids is 1. The number of hydrogen-bond donors (Lipinski definition) is 0. The van der Waals surface area contributed by atoms with Gasteiger partial charge in [-0.1, -0.05) is 12.8 Å². The number of halogens is 1. The summed E-state index contributed by atoms with van der Waals surface area (Å²) in [6.07, 6.45) is 5.05. The van der Waals surface area contributed by atoms with Crippen LogP contribution in [-0.4, -0.2) is 19.3 Å². The lowest BCUT2D eigenvalue weighted by molar-refractivity contribution is 0.163. The molecule has 0 unspecified atom stereocenters. The molecular formula is C14H14FNO3. The number of hydrogen-bond acceptors (Lipinski definition) is 4. The standard InChI is InChI=1S/C14H14FNO3/c15-11-7-10(8-12-13(11)19-6-5-18-12)14(16-9-17)3-1-2-4-14/h7-8H,1-6H2. The number of aliphatic imine (C=N–C) groups is 1. The van der Waals surface area contributed by atoms with Gasteiger partial charge in [-0.2, -0.15) is 4.99 Å². The number of isocyanates is 1. The number of rotatable bonds is 2. The summed E-state index contributed by atoms with van der Waals surface area (Å²) in [7, 11) is 0. The number of nitrogens with zero attached hydrogens (tertiary/aromatic N) is 1. The van der Waals surface area contributed by atoms with E-state index in [0.29, 0.717) is 24.5 Å². The zero-order chi connectivity index (χ0) is 13.3. The molecule has 1 aliphatic carbocycles. The highest BCUT2D eigenvalue weighted by molar-refractivity contribution is 5.48. The molecule has 1 aromatic carbocycles. The summed E-state index contributed by atoms with van der Waals surface area (Å²) < 4.78 is 24.7. The van der Waals surface area contributed by atoms with Crippen LogP contribution < -0.4 is 9.47 Å². The van der Waals surface area contributed by atoms with Gasteiger partial charge in [0.15, 0.2) is 17.3 Å². The molecule has 0 N–H and O–H groups in total. The molecule has 5 heteroatoms. The lowest BCUT2D eigenvalue weighted by atomic mass is 9.88. The van der Waals surface area contributed by atoms with Crippen molar-refractivity contribution < 1.29 is 18.7 Å². The first-order valence-electron chi connectivity index (χ1n) is 6.44. The zero-order valence-corrected chi connectivity index (χ0v) is 10.4. The molecule has 0 aromatic heterocycles. The summed E-state index contributed by atoms with van der Waals surface area (Å²) in [5.41, 5.74) is 0.0356. The molecule has 1 aromatic rings. The fourth-order valence-electron chi connectivity index (χ4n) is 2.89. The molecule has 4 nitrogen and oxygen atoms in total. The smallest absolute Gasteiger partial charge is 0.235 e. The molecule has 1 fully saturated rings. The minimum Gasteiger partial charge on any atom is -0.486 e. The van der Waals surface area contributed by atoms with Crippen molar-refractivity contribution in [2.75, 3.05) is 13.2 Å². The van der Waals surface area contributed by atoms with Crippen LogP contribution in [0.5, 0.6) is 11.5 Å². The van der Waals surface area contributed by atoms with Crippen LogP contribution in [0.2, 0.25) is 0 Å². The first-order chi connectivity index (χ1) is 9.25. The Morgan fingerprint density at radius 1 is 1.21 bits per heavy atom. The Bertz CT molecular complexity index is 546. The van der Waals surface area contributed by atoms with Crippen LogP contribution in [0.3, 0.4) is 0 Å². The van der Waals surface area contributed by atoms with E-state index in [2.05, 4.69) is 4.99 Å². The summed E-state index contributed by atoms with van der Waals surface area (Å²) >= 11 is 0. The fourth-order valence-corrected chi connectivity index (χ4v) is 2.89. The average molecular weight is 263 g/mol. The monoisotopic (exact) mass is 263 g/mol. The summed E-state index contributed by atoms with van der Waals surface area (Å²) in [5, 5.41) is 0. The normalized spacial score (nSPS) is 19.8. The van der Waals surface area contributed by atoms with Crippen molar-refractivity contribution in [2.45, 2.75) is 31.2 Å². The van der Waals surface area contributed by atoms with Crippen molar-refractivity contribution in [1.29, 1.82) is 0 Å². The van der Waals surface area contributed by atoms with Gasteiger partial charge in [0.25, 0.3) is 0 Å². The minimum absolute atomic E-state index is 0.151. The van der Waals surface area contributed by atoms with Crippen molar-refractivity contribution in [3.8, 4) is 11.5 Å². The maximum absolute atomic E-state index is 14.1. The highest BCUT2D eigenvalue weighted by atomic mass is 19.1. The predicted octanol–water partition coefficient (Wildman–Crippen LogP) is 2.70. The Morgan fingerprint density at radius 3 is 2.68 bits per heavy atom. The number of benzene rings is 1. The first kappa shape index (κ1) is 12.2. The van der Waals surface area contributed by atoms with Gasteiger partial charge in [0.2, 0.25) is 6.08 Å². The maximum Gasteiger partial charge on any atom is 0.235 e. The molecule has 0 saturated heterocycles. The number of fused-ring (bicyclic) bond motifs is 1. The maximum atomic E-state index is 14.1. The van der Waals surface area contributed by atoms with Crippen LogP contribution in [-0.2, 0) is 10.3 Å². The van der Waals surface area contributed by atoms with Gasteiger partial charge in [-0.3, -0.25) is 0 Å². The quantitative estimate of drug-likeness (QED) is 0.609. The van der Waals surface area contributed by atoms with Crippen LogP contribution in [0.25, 0.3) is 0 Å². The second kappa shape index (κ2) is 4.67. The summed E-state index contributed by atoms with van der Waals surface area (Å²) in [4.78, 5) is 14.6. The molecule has 0 bridgehead atoms. The molecule has 0 radical (unpaired) electrons. The van der Waals surface area contributed by atoms with Crippen LogP contribution in [0.1, 0.15) is 31.2 Å². The second-order valence-corrected chi connectivity index (χ2v) is 4.92. The second-order valence-electron chi connectivity index (χ2n) is 4.92. The topological polar surface area (TPSA) is 47.9 Å². The Kier molecular flexibility index (Phi) is 2.99. The Morgan fingerprint density at radius 2 is 1.95 bits per heavy atom. The molecule has 1 saturated carbocycles. The van der Waals surface area contributed by atoms with Crippen LogP contribution in [0.4, 0.5) is 4.39 Å². The Labute approximate surface area is 110 Å². The molecule has 19 heavy (non-hydrogen) atoms. The third-order valence-corrected chi connectivity index (χ3v) is 3.82. The fraction of sp³-hybridized carbons (Fsp3) is 0.500. The van der Waals surface area contributed by atoms with Gasteiger partial charge in [0.05, 0.1) is 5.54 Å². The lowest BCUT2D eigenvalue weighted by Gasteiger charge is -2.26. The van der Waals surface area contributed by atoms with Crippen LogP contribution >= 0.6 is 0 Å². The number of ether oxygens (including phenoxy) is 2. The SMILES string of the molecule is O=C=NC1(c2cc(F)c3c(c2)OCCO3)CCCC1. The van der Waals surface area contributed by atoms with E-state index in [4.69, 9.17) is 9.47 Å². The average Bonchev–Trinajstić information content (AvgIpc) is 2.89. The van der Waals surface area contributed by atoms with Crippen molar-refractivity contribution in [3.63, 3.8) is 0 Å². The minimum atomic E-state index is -0.640. The van der Waals surface area contributed by atoms with Gasteiger partial charge in [0.1, 0.15) is 13.2 Å². The van der Waals surface area contributed by atoms with E-state index in [-0.39, 0.29) is 5.75 Å². The van der Waals surface area contributed by atoms with Gasteiger partial charge < -0.3 is 9.47 Å². The van der Waals surface area contributed by atoms with E-state index in [0.717, 1.165) is 25.7 Å². The molecule has 0 spiro atoms. The molecule has 1 heterocycles. The van der Waals surface area contributed by atoms with E-state index in [1.54, 1.807) is 12.1 Å². The van der Waals surface area contributed by atoms with E-state index >= 15 is 0 Å². The lowest BCUT2D eigenvalue weighted by Crippen LogP contribution is -2.22. The van der Waals surface area contributed by atoms with Crippen molar-refractivity contribution in [1.82, 2.24) is 0 Å². The van der Waals surface area contributed by atoms with Crippen molar-refractivity contribution in [3.05, 3.63) is 23.5 Å². The molecule has 2 aliphatic rings. The van der Waals surface area contributed by atoms with Gasteiger partial charge >= 0.3 is 0 Å². The van der Waals surface area contributed by atoms with Crippen LogP contribution in [0.15, 0.2) is 17.1 Å². The third-order valence-electron chi connectivity index (χ3n) is 3.82. The van der Waals surface area contributed by atoms with E-state index < -0.39 is 11.4 Å². The van der Waals surface area contributed by atoms with Gasteiger partial charge in [0, 0.05) is 0 Å². The molecule has 0 atom stereocenters. The molecule has 3 rings (SSSR count). The molecule has 100 valence electrons. The van der Waals surface area contributed by atoms with Crippen molar-refractivity contribution in [2.24, 2.45) is 4.99 Å². The van der Waals surface area contributed by atoms with Gasteiger partial charge in [-0.15, -0.1) is 0 Å². The van der Waals surface area contributed by atoms with Gasteiger partial charge in [-0.05, 0) is 30.5 Å². The highest BCUT2D eigenvalue weighted by Crippen LogP contribution is 2.45. The zero-order valence-electron chi connectivity index (χ0n) is 10.4. The van der Waals surface area contributed by atoms with Crippen LogP contribution in [0, 0.1) is 5.82 Å². The summed E-state index contributed by atoms with van der Waals surface area (Å²) in [6, 6.07) is 3.14. The molecular weight excluding hydrogens is 249 g/mol. The third kappa shape index (κ3) is 2.00. The van der Waals surface area contributed by atoms with Crippen molar-refractivity contribution >= 4 is 6.08 Å². The Hall–Kier alpha value is -1.87. The van der Waals surface area contributed by atoms with E-state index in [1.807, 2.05) is 0 Å². The molecule has 0 amide bonds. The van der Waals surface area contributed by atoms with E-state index in [9.17, 15) is 9.18 Å².